The number of anilines is 1. The molecule has 0 saturated carbocycles. The first-order chi connectivity index (χ1) is 15.2. The van der Waals surface area contributed by atoms with Gasteiger partial charge in [-0.1, -0.05) is 36.1 Å². The highest BCUT2D eigenvalue weighted by Gasteiger charge is 2.25. The van der Waals surface area contributed by atoms with Crippen molar-refractivity contribution in [2.75, 3.05) is 18.4 Å². The van der Waals surface area contributed by atoms with E-state index in [2.05, 4.69) is 22.5 Å². The first-order valence-corrected chi connectivity index (χ1v) is 10.2. The summed E-state index contributed by atoms with van der Waals surface area (Å²) in [5, 5.41) is 5.87. The van der Waals surface area contributed by atoms with Crippen molar-refractivity contribution in [1.82, 2.24) is 10.2 Å². The van der Waals surface area contributed by atoms with Crippen LogP contribution in [0.1, 0.15) is 34.3 Å². The van der Waals surface area contributed by atoms with Crippen molar-refractivity contribution in [3.05, 3.63) is 89.9 Å². The van der Waals surface area contributed by atoms with Crippen LogP contribution in [0.4, 0.5) is 10.5 Å². The van der Waals surface area contributed by atoms with E-state index in [1.165, 1.54) is 12.5 Å². The second-order valence-corrected chi connectivity index (χ2v) is 7.37. The van der Waals surface area contributed by atoms with Crippen molar-refractivity contribution in [3.63, 3.8) is 0 Å². The summed E-state index contributed by atoms with van der Waals surface area (Å²) in [7, 11) is 0. The van der Waals surface area contributed by atoms with Crippen LogP contribution >= 0.6 is 0 Å². The summed E-state index contributed by atoms with van der Waals surface area (Å²) in [6.45, 7) is 1.19. The fourth-order valence-corrected chi connectivity index (χ4v) is 3.49. The van der Waals surface area contributed by atoms with Crippen molar-refractivity contribution in [2.45, 2.75) is 18.9 Å². The molecule has 1 aliphatic heterocycles. The average Bonchev–Trinajstić information content (AvgIpc) is 3.34. The molecule has 1 aliphatic rings. The molecule has 1 saturated heterocycles. The number of rotatable bonds is 3. The molecule has 0 radical (unpaired) electrons. The van der Waals surface area contributed by atoms with Crippen molar-refractivity contribution in [1.29, 1.82) is 0 Å². The van der Waals surface area contributed by atoms with Gasteiger partial charge in [0.1, 0.15) is 6.26 Å². The number of urea groups is 1. The molecule has 31 heavy (non-hydrogen) atoms. The lowest BCUT2D eigenvalue weighted by molar-refractivity contribution is 0.0708. The monoisotopic (exact) mass is 413 g/mol. The maximum absolute atomic E-state index is 12.4. The van der Waals surface area contributed by atoms with Crippen LogP contribution in [0.25, 0.3) is 0 Å². The number of benzene rings is 2. The molecule has 0 unspecified atom stereocenters. The van der Waals surface area contributed by atoms with E-state index in [4.69, 9.17) is 4.42 Å². The largest absolute Gasteiger partial charge is 0.472 e. The molecule has 0 bridgehead atoms. The lowest BCUT2D eigenvalue weighted by atomic mass is 10.0. The summed E-state index contributed by atoms with van der Waals surface area (Å²) >= 11 is 0. The van der Waals surface area contributed by atoms with Gasteiger partial charge in [0.05, 0.1) is 11.8 Å². The minimum atomic E-state index is -0.257. The Morgan fingerprint density at radius 3 is 2.42 bits per heavy atom. The topological polar surface area (TPSA) is 74.6 Å². The number of nitrogens with one attached hydrogen (secondary N) is 2. The zero-order valence-electron chi connectivity index (χ0n) is 17.0. The Balaban J connectivity index is 1.28. The molecule has 1 fully saturated rings. The van der Waals surface area contributed by atoms with E-state index < -0.39 is 0 Å². The van der Waals surface area contributed by atoms with Crippen LogP contribution in [0, 0.1) is 11.8 Å². The molecular weight excluding hydrogens is 390 g/mol. The third-order valence-electron chi connectivity index (χ3n) is 5.13. The van der Waals surface area contributed by atoms with Gasteiger partial charge in [0.2, 0.25) is 0 Å². The maximum atomic E-state index is 12.4. The van der Waals surface area contributed by atoms with Gasteiger partial charge in [-0.2, -0.15) is 0 Å². The number of furan rings is 1. The van der Waals surface area contributed by atoms with Gasteiger partial charge in [-0.3, -0.25) is 4.79 Å². The number of carbonyl (C=O) groups excluding carboxylic acids is 2. The number of nitrogens with zero attached hydrogens (tertiary/aromatic N) is 1. The Morgan fingerprint density at radius 1 is 0.935 bits per heavy atom. The van der Waals surface area contributed by atoms with Gasteiger partial charge < -0.3 is 20.0 Å². The van der Waals surface area contributed by atoms with Gasteiger partial charge in [0.25, 0.3) is 5.91 Å². The third kappa shape index (κ3) is 5.55. The molecule has 1 aromatic heterocycles. The van der Waals surface area contributed by atoms with E-state index in [1.54, 1.807) is 11.0 Å². The fourth-order valence-electron chi connectivity index (χ4n) is 3.49. The summed E-state index contributed by atoms with van der Waals surface area (Å²) in [5.41, 5.74) is 3.01. The highest BCUT2D eigenvalue weighted by Crippen LogP contribution is 2.15. The minimum absolute atomic E-state index is 0.0226. The Morgan fingerprint density at radius 2 is 1.68 bits per heavy atom. The number of amides is 3. The first kappa shape index (κ1) is 20.3. The quantitative estimate of drug-likeness (QED) is 0.635. The lowest BCUT2D eigenvalue weighted by Crippen LogP contribution is -2.47. The van der Waals surface area contributed by atoms with Gasteiger partial charge in [0.15, 0.2) is 0 Å². The lowest BCUT2D eigenvalue weighted by Gasteiger charge is -2.32. The molecule has 6 heteroatoms. The Kier molecular flexibility index (Phi) is 6.34. The molecule has 0 atom stereocenters. The van der Waals surface area contributed by atoms with Crippen molar-refractivity contribution in [3.8, 4) is 11.8 Å². The van der Waals surface area contributed by atoms with Crippen LogP contribution in [0.2, 0.25) is 0 Å². The predicted molar refractivity (Wildman–Crippen MR) is 119 cm³/mol. The van der Waals surface area contributed by atoms with E-state index in [9.17, 15) is 9.59 Å². The molecule has 156 valence electrons. The first-order valence-electron chi connectivity index (χ1n) is 10.2. The summed E-state index contributed by atoms with van der Waals surface area (Å²) in [6.07, 6.45) is 4.37. The molecule has 2 aromatic carbocycles. The highest BCUT2D eigenvalue weighted by atomic mass is 16.3. The van der Waals surface area contributed by atoms with Gasteiger partial charge >= 0.3 is 6.03 Å². The molecule has 2 heterocycles. The van der Waals surface area contributed by atoms with Crippen molar-refractivity contribution in [2.24, 2.45) is 0 Å². The summed E-state index contributed by atoms with van der Waals surface area (Å²) in [6, 6.07) is 18.6. The number of carbonyl (C=O) groups is 2. The van der Waals surface area contributed by atoms with Crippen LogP contribution in [0.15, 0.2) is 77.6 Å². The highest BCUT2D eigenvalue weighted by molar-refractivity contribution is 5.94. The second-order valence-electron chi connectivity index (χ2n) is 7.37. The Labute approximate surface area is 181 Å². The zero-order valence-corrected chi connectivity index (χ0v) is 17.0. The maximum Gasteiger partial charge on any atom is 0.319 e. The van der Waals surface area contributed by atoms with Crippen LogP contribution in [-0.2, 0) is 0 Å². The molecule has 0 spiro atoms. The Hall–Kier alpha value is -3.98. The van der Waals surface area contributed by atoms with Crippen LogP contribution in [0.3, 0.4) is 0 Å². The van der Waals surface area contributed by atoms with Gasteiger partial charge in [0, 0.05) is 35.9 Å². The van der Waals surface area contributed by atoms with Crippen molar-refractivity contribution < 1.29 is 14.0 Å². The van der Waals surface area contributed by atoms with Crippen LogP contribution < -0.4 is 10.6 Å². The summed E-state index contributed by atoms with van der Waals surface area (Å²) in [5.74, 6) is 6.19. The van der Waals surface area contributed by atoms with E-state index in [0.29, 0.717) is 37.2 Å². The molecule has 6 nitrogen and oxygen atoms in total. The zero-order chi connectivity index (χ0) is 21.5. The summed E-state index contributed by atoms with van der Waals surface area (Å²) in [4.78, 5) is 26.6. The molecule has 3 aromatic rings. The van der Waals surface area contributed by atoms with E-state index in [1.807, 2.05) is 54.6 Å². The minimum Gasteiger partial charge on any atom is -0.472 e. The second kappa shape index (κ2) is 9.68. The fraction of sp³-hybridized carbons (Fsp3) is 0.200. The summed E-state index contributed by atoms with van der Waals surface area (Å²) < 4.78 is 4.98. The molecule has 2 N–H and O–H groups in total. The van der Waals surface area contributed by atoms with E-state index in [-0.39, 0.29) is 18.0 Å². The van der Waals surface area contributed by atoms with Crippen LogP contribution in [0.5, 0.6) is 0 Å². The molecule has 3 amide bonds. The van der Waals surface area contributed by atoms with Gasteiger partial charge in [-0.15, -0.1) is 0 Å². The normalized spacial score (nSPS) is 13.7. The van der Waals surface area contributed by atoms with Gasteiger partial charge in [-0.05, 0) is 49.2 Å². The van der Waals surface area contributed by atoms with Crippen LogP contribution in [-0.4, -0.2) is 36.0 Å². The standard InChI is InChI=1S/C25H23N3O3/c29-24(21-13-16-31-18-21)28-14-11-22(12-15-28)26-25(30)27-23-8-4-7-20(17-23)10-9-19-5-2-1-3-6-19/h1-8,13,16-18,22H,11-12,14-15H2,(H2,26,27,30). The SMILES string of the molecule is O=C(Nc1cccc(C#Cc2ccccc2)c1)NC1CCN(C(=O)c2ccoc2)CC1. The van der Waals surface area contributed by atoms with E-state index >= 15 is 0 Å². The molecule has 0 aliphatic carbocycles. The van der Waals surface area contributed by atoms with E-state index in [0.717, 1.165) is 11.1 Å². The smallest absolute Gasteiger partial charge is 0.319 e. The number of hydrogen-bond donors (Lipinski definition) is 2. The molecule has 4 rings (SSSR count). The van der Waals surface area contributed by atoms with Gasteiger partial charge in [-0.25, -0.2) is 4.79 Å². The Bertz CT molecular complexity index is 1090. The third-order valence-corrected chi connectivity index (χ3v) is 5.13. The number of likely N-dealkylation sites (tertiary alicyclic amines) is 1. The average molecular weight is 413 g/mol. The number of piperidine rings is 1. The number of hydrogen-bond acceptors (Lipinski definition) is 3. The predicted octanol–water partition coefficient (Wildman–Crippen LogP) is 4.11. The molecular formula is C25H23N3O3. The van der Waals surface area contributed by atoms with Crippen molar-refractivity contribution >= 4 is 17.6 Å².